The average molecular weight is 496 g/mol. The molecule has 4 amide bonds. The molecule has 4 rings (SSSR count). The Balaban J connectivity index is 1.76. The van der Waals surface area contributed by atoms with Gasteiger partial charge in [-0.25, -0.2) is 4.79 Å². The number of urea groups is 1. The Bertz CT molecular complexity index is 1210. The van der Waals surface area contributed by atoms with Gasteiger partial charge in [-0.05, 0) is 36.9 Å². The van der Waals surface area contributed by atoms with Gasteiger partial charge in [0.05, 0.1) is 37.0 Å². The maximum absolute atomic E-state index is 13.3. The summed E-state index contributed by atoms with van der Waals surface area (Å²) in [5.74, 6) is -1.21. The van der Waals surface area contributed by atoms with Crippen molar-refractivity contribution in [2.75, 3.05) is 52.0 Å². The van der Waals surface area contributed by atoms with Gasteiger partial charge in [0.2, 0.25) is 0 Å². The van der Waals surface area contributed by atoms with Crippen molar-refractivity contribution in [3.8, 4) is 0 Å². The van der Waals surface area contributed by atoms with Crippen molar-refractivity contribution in [3.63, 3.8) is 0 Å². The van der Waals surface area contributed by atoms with Crippen molar-refractivity contribution in [1.29, 1.82) is 0 Å². The van der Waals surface area contributed by atoms with E-state index in [0.29, 0.717) is 5.57 Å². The monoisotopic (exact) mass is 495 g/mol. The molecular formula is C26H29N3O5S. The quantitative estimate of drug-likeness (QED) is 0.404. The van der Waals surface area contributed by atoms with Crippen LogP contribution in [-0.2, 0) is 19.1 Å². The van der Waals surface area contributed by atoms with E-state index in [9.17, 15) is 14.4 Å². The molecule has 2 aromatic carbocycles. The van der Waals surface area contributed by atoms with Crippen LogP contribution in [0.2, 0.25) is 0 Å². The molecule has 8 nitrogen and oxygen atoms in total. The van der Waals surface area contributed by atoms with E-state index in [4.69, 9.17) is 9.47 Å². The summed E-state index contributed by atoms with van der Waals surface area (Å²) >= 11 is 1.60. The molecule has 2 aromatic rings. The summed E-state index contributed by atoms with van der Waals surface area (Å²) in [6.07, 6.45) is 1.87. The van der Waals surface area contributed by atoms with E-state index in [0.717, 1.165) is 42.7 Å². The molecule has 35 heavy (non-hydrogen) atoms. The van der Waals surface area contributed by atoms with E-state index in [1.807, 2.05) is 18.2 Å². The highest BCUT2D eigenvalue weighted by molar-refractivity contribution is 8.03. The Kier molecular flexibility index (Phi) is 7.59. The zero-order valence-corrected chi connectivity index (χ0v) is 21.2. The van der Waals surface area contributed by atoms with Gasteiger partial charge in [-0.15, -0.1) is 0 Å². The van der Waals surface area contributed by atoms with Crippen LogP contribution in [0.1, 0.15) is 13.8 Å². The van der Waals surface area contributed by atoms with Gasteiger partial charge < -0.3 is 14.4 Å². The highest BCUT2D eigenvalue weighted by Crippen LogP contribution is 2.49. The number of imide groups is 2. The fraction of sp³-hybridized carbons (Fsp3) is 0.346. The van der Waals surface area contributed by atoms with E-state index < -0.39 is 17.8 Å². The summed E-state index contributed by atoms with van der Waals surface area (Å²) in [5, 5.41) is 3.23. The predicted molar refractivity (Wildman–Crippen MR) is 136 cm³/mol. The highest BCUT2D eigenvalue weighted by atomic mass is 32.2. The smallest absolute Gasteiger partial charge is 0.334 e. The summed E-state index contributed by atoms with van der Waals surface area (Å²) in [4.78, 5) is 44.9. The van der Waals surface area contributed by atoms with E-state index in [1.165, 1.54) is 14.2 Å². The van der Waals surface area contributed by atoms with Crippen molar-refractivity contribution >= 4 is 46.1 Å². The third-order valence-corrected chi connectivity index (χ3v) is 7.18. The number of carbonyl (C=O) groups excluding carboxylic acids is 3. The lowest BCUT2D eigenvalue weighted by atomic mass is 10.0. The topological polar surface area (TPSA) is 79.4 Å². The van der Waals surface area contributed by atoms with Crippen LogP contribution in [0.25, 0.3) is 10.8 Å². The molecule has 0 unspecified atom stereocenters. The van der Waals surface area contributed by atoms with Gasteiger partial charge in [-0.1, -0.05) is 42.1 Å². The second-order valence-corrected chi connectivity index (χ2v) is 9.26. The number of hydrogen-bond acceptors (Lipinski definition) is 7. The number of fused-ring (bicyclic) bond motifs is 3. The number of barbiturate groups is 1. The Labute approximate surface area is 209 Å². The minimum atomic E-state index is -0.650. The minimum absolute atomic E-state index is 0.0122. The summed E-state index contributed by atoms with van der Waals surface area (Å²) in [6, 6.07) is 11.8. The molecule has 0 atom stereocenters. The van der Waals surface area contributed by atoms with Crippen molar-refractivity contribution in [3.05, 3.63) is 58.6 Å². The number of hydrogen-bond donors (Lipinski definition) is 0. The minimum Gasteiger partial charge on any atom is -0.383 e. The molecule has 0 radical (unpaired) electrons. The fourth-order valence-electron chi connectivity index (χ4n) is 4.33. The number of rotatable bonds is 8. The average Bonchev–Trinajstić information content (AvgIpc) is 3.21. The lowest BCUT2D eigenvalue weighted by Gasteiger charge is -2.34. The summed E-state index contributed by atoms with van der Waals surface area (Å²) in [5.41, 5.74) is 1.62. The summed E-state index contributed by atoms with van der Waals surface area (Å²) in [6.45, 7) is 5.02. The summed E-state index contributed by atoms with van der Waals surface area (Å²) in [7, 11) is 2.99. The molecule has 0 N–H and O–H groups in total. The Hall–Kier alpha value is -3.14. The van der Waals surface area contributed by atoms with Crippen LogP contribution in [0.4, 0.5) is 10.5 Å². The van der Waals surface area contributed by atoms with Gasteiger partial charge >= 0.3 is 6.03 Å². The molecule has 2 heterocycles. The third-order valence-electron chi connectivity index (χ3n) is 6.08. The number of nitrogens with zero attached hydrogens (tertiary/aromatic N) is 3. The normalized spacial score (nSPS) is 17.3. The molecule has 1 fully saturated rings. The first-order valence-corrected chi connectivity index (χ1v) is 12.3. The molecule has 1 saturated heterocycles. The van der Waals surface area contributed by atoms with Gasteiger partial charge in [0.25, 0.3) is 11.8 Å². The highest BCUT2D eigenvalue weighted by Gasteiger charge is 2.42. The number of anilines is 1. The standard InChI is InChI=1S/C26H29N3O5S/c1-5-27-21(35-20-11-10-18-8-6-7-9-19(18)23(20)27)16-17(2)22-24(30)28(12-14-33-3)26(32)29(25(22)31)13-15-34-4/h6-11,16H,5,12-15H2,1-4H3. The van der Waals surface area contributed by atoms with Crippen LogP contribution in [0.3, 0.4) is 0 Å². The number of benzene rings is 2. The van der Waals surface area contributed by atoms with Crippen LogP contribution < -0.4 is 4.90 Å². The van der Waals surface area contributed by atoms with Crippen LogP contribution in [0, 0.1) is 0 Å². The Morgan fingerprint density at radius 3 is 2.14 bits per heavy atom. The van der Waals surface area contributed by atoms with Crippen LogP contribution >= 0.6 is 11.8 Å². The van der Waals surface area contributed by atoms with E-state index in [2.05, 4.69) is 36.1 Å². The van der Waals surface area contributed by atoms with Gasteiger partial charge in [0, 0.05) is 31.0 Å². The van der Waals surface area contributed by atoms with E-state index in [1.54, 1.807) is 18.7 Å². The van der Waals surface area contributed by atoms with E-state index in [-0.39, 0.29) is 31.9 Å². The molecule has 184 valence electrons. The molecular weight excluding hydrogens is 466 g/mol. The Morgan fingerprint density at radius 1 is 0.914 bits per heavy atom. The molecule has 9 heteroatoms. The van der Waals surface area contributed by atoms with Crippen LogP contribution in [-0.4, -0.2) is 74.7 Å². The molecule has 0 saturated carbocycles. The molecule has 0 bridgehead atoms. The van der Waals surface area contributed by atoms with Gasteiger partial charge in [0.15, 0.2) is 0 Å². The SMILES string of the molecule is CCN1C(=CC(C)=C2C(=O)N(CCOC)C(=O)N(CCOC)C2=O)Sc2ccc3ccccc3c21. The second-order valence-electron chi connectivity index (χ2n) is 8.20. The lowest BCUT2D eigenvalue weighted by Crippen LogP contribution is -2.58. The number of methoxy groups -OCH3 is 2. The third kappa shape index (κ3) is 4.59. The van der Waals surface area contributed by atoms with Gasteiger partial charge in [-0.3, -0.25) is 19.4 Å². The van der Waals surface area contributed by atoms with Crippen LogP contribution in [0.15, 0.2) is 63.5 Å². The fourth-order valence-corrected chi connectivity index (χ4v) is 5.57. The predicted octanol–water partition coefficient (Wildman–Crippen LogP) is 4.01. The van der Waals surface area contributed by atoms with Crippen LogP contribution in [0.5, 0.6) is 0 Å². The molecule has 0 aromatic heterocycles. The van der Waals surface area contributed by atoms with Crippen molar-refractivity contribution in [2.45, 2.75) is 18.7 Å². The molecule has 0 spiro atoms. The number of allylic oxidation sites excluding steroid dienone is 2. The van der Waals surface area contributed by atoms with E-state index >= 15 is 0 Å². The first-order chi connectivity index (χ1) is 16.9. The maximum Gasteiger partial charge on any atom is 0.334 e. The Morgan fingerprint density at radius 2 is 1.54 bits per heavy atom. The first kappa shape index (κ1) is 25.0. The number of ether oxygens (including phenoxy) is 2. The van der Waals surface area contributed by atoms with Crippen molar-refractivity contribution < 1.29 is 23.9 Å². The number of amides is 4. The van der Waals surface area contributed by atoms with Gasteiger partial charge in [-0.2, -0.15) is 0 Å². The van der Waals surface area contributed by atoms with Crippen molar-refractivity contribution in [2.24, 2.45) is 0 Å². The largest absolute Gasteiger partial charge is 0.383 e. The maximum atomic E-state index is 13.3. The molecule has 0 aliphatic carbocycles. The first-order valence-electron chi connectivity index (χ1n) is 11.5. The zero-order valence-electron chi connectivity index (χ0n) is 20.4. The van der Waals surface area contributed by atoms with Crippen molar-refractivity contribution in [1.82, 2.24) is 9.80 Å². The molecule has 2 aliphatic heterocycles. The second kappa shape index (κ2) is 10.6. The molecule has 2 aliphatic rings. The number of thioether (sulfide) groups is 1. The van der Waals surface area contributed by atoms with Gasteiger partial charge in [0.1, 0.15) is 5.57 Å². The number of carbonyl (C=O) groups is 3. The summed E-state index contributed by atoms with van der Waals surface area (Å²) < 4.78 is 10.2. The zero-order chi connectivity index (χ0) is 25.1. The lowest BCUT2D eigenvalue weighted by molar-refractivity contribution is -0.136.